The summed E-state index contributed by atoms with van der Waals surface area (Å²) in [4.78, 5) is -0.333. The zero-order valence-corrected chi connectivity index (χ0v) is 12.7. The van der Waals surface area contributed by atoms with Crippen LogP contribution in [0.2, 0.25) is 0 Å². The Morgan fingerprint density at radius 1 is 1.47 bits per heavy atom. The third-order valence-corrected chi connectivity index (χ3v) is 4.90. The van der Waals surface area contributed by atoms with Gasteiger partial charge in [-0.1, -0.05) is 6.07 Å². The van der Waals surface area contributed by atoms with Crippen LogP contribution in [0, 0.1) is 5.82 Å². The lowest BCUT2D eigenvalue weighted by molar-refractivity contribution is 0.539. The van der Waals surface area contributed by atoms with E-state index in [1.54, 1.807) is 18.7 Å². The molecule has 7 heteroatoms. The molecule has 0 aromatic heterocycles. The summed E-state index contributed by atoms with van der Waals surface area (Å²) in [5, 5.41) is 0. The molecule has 0 bridgehead atoms. The van der Waals surface area contributed by atoms with E-state index in [-0.39, 0.29) is 17.5 Å². The van der Waals surface area contributed by atoms with Crippen LogP contribution in [0.4, 0.5) is 4.39 Å². The fourth-order valence-electron chi connectivity index (χ4n) is 1.57. The van der Waals surface area contributed by atoms with E-state index >= 15 is 0 Å². The van der Waals surface area contributed by atoms with E-state index in [0.29, 0.717) is 12.0 Å². The van der Waals surface area contributed by atoms with E-state index in [1.807, 2.05) is 6.26 Å². The van der Waals surface area contributed by atoms with E-state index in [1.165, 1.54) is 12.1 Å². The summed E-state index contributed by atoms with van der Waals surface area (Å²) in [6.07, 6.45) is 2.65. The molecule has 1 atom stereocenters. The number of sulfonamides is 1. The molecule has 0 amide bonds. The Bertz CT molecular complexity index is 520. The molecule has 1 aromatic carbocycles. The van der Waals surface area contributed by atoms with Gasteiger partial charge in [-0.15, -0.1) is 0 Å². The van der Waals surface area contributed by atoms with E-state index in [4.69, 9.17) is 5.73 Å². The highest BCUT2D eigenvalue weighted by molar-refractivity contribution is 7.98. The Labute approximate surface area is 118 Å². The highest BCUT2D eigenvalue weighted by Gasteiger charge is 2.21. The van der Waals surface area contributed by atoms with Crippen molar-refractivity contribution in [2.75, 3.05) is 12.0 Å². The Balaban J connectivity index is 2.88. The quantitative estimate of drug-likeness (QED) is 0.804. The third kappa shape index (κ3) is 4.76. The molecule has 0 aliphatic carbocycles. The second-order valence-electron chi connectivity index (χ2n) is 4.27. The fraction of sp³-hybridized carbons (Fsp3) is 0.500. The van der Waals surface area contributed by atoms with E-state index in [9.17, 15) is 12.8 Å². The van der Waals surface area contributed by atoms with Crippen LogP contribution < -0.4 is 10.5 Å². The Kier molecular flexibility index (Phi) is 6.25. The Morgan fingerprint density at radius 3 is 2.68 bits per heavy atom. The first-order valence-electron chi connectivity index (χ1n) is 5.90. The lowest BCUT2D eigenvalue weighted by atomic mass is 10.2. The summed E-state index contributed by atoms with van der Waals surface area (Å²) in [5.41, 5.74) is 5.94. The average Bonchev–Trinajstić information content (AvgIpc) is 2.35. The number of rotatable bonds is 7. The minimum atomic E-state index is -3.82. The van der Waals surface area contributed by atoms with Gasteiger partial charge in [0.15, 0.2) is 0 Å². The van der Waals surface area contributed by atoms with Crippen LogP contribution in [0.1, 0.15) is 18.9 Å². The molecule has 0 aliphatic rings. The van der Waals surface area contributed by atoms with Crippen molar-refractivity contribution in [3.63, 3.8) is 0 Å². The standard InChI is InChI=1S/C12H19FN2O2S2/c1-9(5-6-18-2)15-19(16,17)12-4-3-10(8-14)7-11(12)13/h3-4,7,9,15H,5-6,8,14H2,1-2H3. The normalized spacial score (nSPS) is 13.5. The zero-order valence-electron chi connectivity index (χ0n) is 11.0. The SMILES string of the molecule is CSCCC(C)NS(=O)(=O)c1ccc(CN)cc1F. The van der Waals surface area contributed by atoms with Crippen LogP contribution >= 0.6 is 11.8 Å². The van der Waals surface area contributed by atoms with Gasteiger partial charge in [-0.2, -0.15) is 11.8 Å². The van der Waals surface area contributed by atoms with Crippen LogP contribution in [0.25, 0.3) is 0 Å². The number of hydrogen-bond acceptors (Lipinski definition) is 4. The van der Waals surface area contributed by atoms with Crippen molar-refractivity contribution in [1.29, 1.82) is 0 Å². The zero-order chi connectivity index (χ0) is 14.5. The minimum absolute atomic E-state index is 0.175. The number of halogens is 1. The van der Waals surface area contributed by atoms with Crippen molar-refractivity contribution < 1.29 is 12.8 Å². The summed E-state index contributed by atoms with van der Waals surface area (Å²) in [7, 11) is -3.82. The number of nitrogens with two attached hydrogens (primary N) is 1. The number of nitrogens with one attached hydrogen (secondary N) is 1. The molecule has 0 heterocycles. The lowest BCUT2D eigenvalue weighted by Gasteiger charge is -2.14. The monoisotopic (exact) mass is 306 g/mol. The van der Waals surface area contributed by atoms with Crippen LogP contribution in [-0.2, 0) is 16.6 Å². The number of hydrogen-bond donors (Lipinski definition) is 2. The Morgan fingerprint density at radius 2 is 2.16 bits per heavy atom. The first-order chi connectivity index (χ1) is 8.90. The Hall–Kier alpha value is -0.630. The second kappa shape index (κ2) is 7.23. The largest absolute Gasteiger partial charge is 0.326 e. The molecule has 0 spiro atoms. The highest BCUT2D eigenvalue weighted by atomic mass is 32.2. The van der Waals surface area contributed by atoms with Crippen molar-refractivity contribution in [2.24, 2.45) is 5.73 Å². The van der Waals surface area contributed by atoms with E-state index in [0.717, 1.165) is 11.8 Å². The van der Waals surface area contributed by atoms with Crippen LogP contribution in [0.15, 0.2) is 23.1 Å². The first-order valence-corrected chi connectivity index (χ1v) is 8.78. The van der Waals surface area contributed by atoms with Crippen LogP contribution in [0.3, 0.4) is 0 Å². The molecule has 1 rings (SSSR count). The van der Waals surface area contributed by atoms with Gasteiger partial charge in [-0.25, -0.2) is 17.5 Å². The van der Waals surface area contributed by atoms with Gasteiger partial charge in [0.2, 0.25) is 10.0 Å². The van der Waals surface area contributed by atoms with Gasteiger partial charge >= 0.3 is 0 Å². The fourth-order valence-corrected chi connectivity index (χ4v) is 3.50. The molecule has 0 radical (unpaired) electrons. The summed E-state index contributed by atoms with van der Waals surface area (Å²) >= 11 is 1.64. The maximum absolute atomic E-state index is 13.8. The van der Waals surface area contributed by atoms with Gasteiger partial charge in [0.25, 0.3) is 0 Å². The number of benzene rings is 1. The molecule has 108 valence electrons. The van der Waals surface area contributed by atoms with E-state index < -0.39 is 15.8 Å². The molecule has 4 nitrogen and oxygen atoms in total. The second-order valence-corrected chi connectivity index (χ2v) is 6.94. The van der Waals surface area contributed by atoms with Crippen molar-refractivity contribution in [2.45, 2.75) is 30.8 Å². The smallest absolute Gasteiger partial charge is 0.243 e. The summed E-state index contributed by atoms with van der Waals surface area (Å²) in [5.74, 6) is 0.0747. The average molecular weight is 306 g/mol. The van der Waals surface area contributed by atoms with Gasteiger partial charge in [0.05, 0.1) is 0 Å². The van der Waals surface area contributed by atoms with Gasteiger partial charge in [-0.3, -0.25) is 0 Å². The molecule has 0 aliphatic heterocycles. The van der Waals surface area contributed by atoms with Gasteiger partial charge in [0, 0.05) is 12.6 Å². The van der Waals surface area contributed by atoms with E-state index in [2.05, 4.69) is 4.72 Å². The minimum Gasteiger partial charge on any atom is -0.326 e. The van der Waals surface area contributed by atoms with Gasteiger partial charge < -0.3 is 5.73 Å². The molecule has 3 N–H and O–H groups in total. The summed E-state index contributed by atoms with van der Waals surface area (Å²) in [6.45, 7) is 1.94. The van der Waals surface area contributed by atoms with Crippen molar-refractivity contribution in [3.8, 4) is 0 Å². The predicted molar refractivity (Wildman–Crippen MR) is 77.1 cm³/mol. The van der Waals surface area contributed by atoms with Crippen molar-refractivity contribution >= 4 is 21.8 Å². The van der Waals surface area contributed by atoms with Crippen LogP contribution in [-0.4, -0.2) is 26.5 Å². The molecule has 19 heavy (non-hydrogen) atoms. The maximum Gasteiger partial charge on any atom is 0.243 e. The topological polar surface area (TPSA) is 72.2 Å². The predicted octanol–water partition coefficient (Wildman–Crippen LogP) is 1.70. The highest BCUT2D eigenvalue weighted by Crippen LogP contribution is 2.16. The lowest BCUT2D eigenvalue weighted by Crippen LogP contribution is -2.33. The molecule has 1 aromatic rings. The summed E-state index contributed by atoms with van der Waals surface area (Å²) in [6, 6.07) is 3.69. The number of thioether (sulfide) groups is 1. The third-order valence-electron chi connectivity index (χ3n) is 2.63. The molecule has 1 unspecified atom stereocenters. The first kappa shape index (κ1) is 16.4. The van der Waals surface area contributed by atoms with Crippen molar-refractivity contribution in [1.82, 2.24) is 4.72 Å². The van der Waals surface area contributed by atoms with Gasteiger partial charge in [0.1, 0.15) is 10.7 Å². The molecular weight excluding hydrogens is 287 g/mol. The van der Waals surface area contributed by atoms with Crippen molar-refractivity contribution in [3.05, 3.63) is 29.6 Å². The molecular formula is C12H19FN2O2S2. The molecule has 0 saturated carbocycles. The van der Waals surface area contributed by atoms with Gasteiger partial charge in [-0.05, 0) is 43.0 Å². The van der Waals surface area contributed by atoms with Crippen LogP contribution in [0.5, 0.6) is 0 Å². The molecule has 0 saturated heterocycles. The molecule has 0 fully saturated rings. The maximum atomic E-state index is 13.8. The summed E-state index contributed by atoms with van der Waals surface area (Å²) < 4.78 is 40.3.